The van der Waals surface area contributed by atoms with Crippen LogP contribution in [0.5, 0.6) is 0 Å². The van der Waals surface area contributed by atoms with Gasteiger partial charge in [0.25, 0.3) is 5.89 Å². The third-order valence-corrected chi connectivity index (χ3v) is 4.46. The highest BCUT2D eigenvalue weighted by atomic mass is 79.9. The first-order valence-electron chi connectivity index (χ1n) is 5.65. The molecule has 1 saturated heterocycles. The van der Waals surface area contributed by atoms with Crippen molar-refractivity contribution in [3.63, 3.8) is 0 Å². The van der Waals surface area contributed by atoms with Gasteiger partial charge in [-0.1, -0.05) is 11.6 Å². The van der Waals surface area contributed by atoms with Crippen molar-refractivity contribution in [1.82, 2.24) is 15.5 Å². The van der Waals surface area contributed by atoms with Crippen LogP contribution in [0.25, 0.3) is 10.8 Å². The Bertz CT molecular complexity index is 504. The molecule has 1 fully saturated rings. The van der Waals surface area contributed by atoms with Gasteiger partial charge in [-0.2, -0.15) is 4.98 Å². The third kappa shape index (κ3) is 2.43. The van der Waals surface area contributed by atoms with Crippen molar-refractivity contribution in [1.29, 1.82) is 0 Å². The molecule has 2 aromatic heterocycles. The van der Waals surface area contributed by atoms with E-state index in [2.05, 4.69) is 31.4 Å². The van der Waals surface area contributed by atoms with E-state index in [1.165, 1.54) is 12.8 Å². The van der Waals surface area contributed by atoms with Gasteiger partial charge >= 0.3 is 0 Å². The molecule has 3 rings (SSSR count). The largest absolute Gasteiger partial charge is 0.333 e. The summed E-state index contributed by atoms with van der Waals surface area (Å²) in [5, 5.41) is 7.48. The van der Waals surface area contributed by atoms with Crippen LogP contribution >= 0.6 is 27.3 Å². The van der Waals surface area contributed by atoms with Crippen LogP contribution in [0.2, 0.25) is 0 Å². The number of hydrogen-bond acceptors (Lipinski definition) is 5. The van der Waals surface area contributed by atoms with Crippen LogP contribution < -0.4 is 5.32 Å². The first kappa shape index (κ1) is 11.4. The summed E-state index contributed by atoms with van der Waals surface area (Å²) in [5.41, 5.74) is 0. The van der Waals surface area contributed by atoms with E-state index in [9.17, 15) is 0 Å². The van der Waals surface area contributed by atoms with Gasteiger partial charge in [0.15, 0.2) is 5.82 Å². The number of nitrogens with one attached hydrogen (secondary N) is 1. The molecule has 0 saturated carbocycles. The van der Waals surface area contributed by atoms with Crippen molar-refractivity contribution >= 4 is 27.3 Å². The smallest absolute Gasteiger partial charge is 0.268 e. The second kappa shape index (κ2) is 4.88. The Morgan fingerprint density at radius 2 is 2.35 bits per heavy atom. The molecule has 1 N–H and O–H groups in total. The lowest BCUT2D eigenvalue weighted by Gasteiger charge is -2.19. The van der Waals surface area contributed by atoms with Crippen molar-refractivity contribution in [2.75, 3.05) is 6.54 Å². The van der Waals surface area contributed by atoms with E-state index in [0.717, 1.165) is 27.5 Å². The molecule has 0 radical (unpaired) electrons. The zero-order valence-corrected chi connectivity index (χ0v) is 11.6. The second-order valence-electron chi connectivity index (χ2n) is 4.06. The molecule has 0 amide bonds. The molecule has 17 heavy (non-hydrogen) atoms. The lowest BCUT2D eigenvalue weighted by Crippen LogP contribution is -2.27. The highest BCUT2D eigenvalue weighted by Gasteiger charge is 2.21. The third-order valence-electron chi connectivity index (χ3n) is 2.85. The van der Waals surface area contributed by atoms with Gasteiger partial charge in [0.2, 0.25) is 0 Å². The molecular weight excluding hydrogens is 302 g/mol. The topological polar surface area (TPSA) is 51.0 Å². The number of nitrogens with zero attached hydrogens (tertiary/aromatic N) is 2. The van der Waals surface area contributed by atoms with Crippen molar-refractivity contribution < 1.29 is 4.52 Å². The van der Waals surface area contributed by atoms with Crippen LogP contribution in [0.1, 0.15) is 31.1 Å². The normalized spacial score (nSPS) is 20.6. The van der Waals surface area contributed by atoms with Crippen LogP contribution in [0.15, 0.2) is 20.4 Å². The Kier molecular flexibility index (Phi) is 3.26. The van der Waals surface area contributed by atoms with E-state index in [0.29, 0.717) is 5.89 Å². The summed E-state index contributed by atoms with van der Waals surface area (Å²) >= 11 is 5.03. The molecule has 1 unspecified atom stereocenters. The first-order valence-corrected chi connectivity index (χ1v) is 7.26. The predicted molar refractivity (Wildman–Crippen MR) is 69.9 cm³/mol. The average molecular weight is 314 g/mol. The zero-order chi connectivity index (χ0) is 11.7. The highest BCUT2D eigenvalue weighted by Crippen LogP contribution is 2.31. The van der Waals surface area contributed by atoms with Crippen molar-refractivity contribution in [2.24, 2.45) is 0 Å². The minimum absolute atomic E-state index is 0.254. The summed E-state index contributed by atoms with van der Waals surface area (Å²) < 4.78 is 6.38. The number of hydrogen-bond donors (Lipinski definition) is 1. The maximum atomic E-state index is 5.31. The van der Waals surface area contributed by atoms with Gasteiger partial charge < -0.3 is 9.84 Å². The maximum Gasteiger partial charge on any atom is 0.268 e. The van der Waals surface area contributed by atoms with Gasteiger partial charge in [-0.15, -0.1) is 11.3 Å². The summed E-state index contributed by atoms with van der Waals surface area (Å²) in [5.74, 6) is 1.40. The van der Waals surface area contributed by atoms with E-state index >= 15 is 0 Å². The summed E-state index contributed by atoms with van der Waals surface area (Å²) in [6.45, 7) is 1.04. The van der Waals surface area contributed by atoms with E-state index in [4.69, 9.17) is 4.52 Å². The lowest BCUT2D eigenvalue weighted by molar-refractivity contribution is 0.367. The Morgan fingerprint density at radius 3 is 3.06 bits per heavy atom. The number of rotatable bonds is 2. The number of thiophene rings is 1. The molecule has 90 valence electrons. The van der Waals surface area contributed by atoms with E-state index < -0.39 is 0 Å². The molecule has 1 atom stereocenters. The molecule has 1 aliphatic heterocycles. The molecule has 3 heterocycles. The molecule has 0 aromatic carbocycles. The molecule has 6 heteroatoms. The highest BCUT2D eigenvalue weighted by molar-refractivity contribution is 9.11. The molecular formula is C11H12BrN3OS. The SMILES string of the molecule is Brc1ccc(-c2nc(C3CCCCN3)no2)s1. The van der Waals surface area contributed by atoms with E-state index in [1.807, 2.05) is 12.1 Å². The minimum Gasteiger partial charge on any atom is -0.333 e. The van der Waals surface area contributed by atoms with Gasteiger partial charge in [0, 0.05) is 0 Å². The summed E-state index contributed by atoms with van der Waals surface area (Å²) in [6.07, 6.45) is 3.55. The predicted octanol–water partition coefficient (Wildman–Crippen LogP) is 3.38. The number of halogens is 1. The number of piperidine rings is 1. The minimum atomic E-state index is 0.254. The van der Waals surface area contributed by atoms with Gasteiger partial charge in [-0.25, -0.2) is 0 Å². The van der Waals surface area contributed by atoms with Gasteiger partial charge in [0.05, 0.1) is 14.7 Å². The Hall–Kier alpha value is -0.720. The second-order valence-corrected chi connectivity index (χ2v) is 6.53. The van der Waals surface area contributed by atoms with E-state index in [-0.39, 0.29) is 6.04 Å². The maximum absolute atomic E-state index is 5.31. The molecule has 0 aliphatic carbocycles. The first-order chi connectivity index (χ1) is 8.33. The van der Waals surface area contributed by atoms with Gasteiger partial charge in [-0.05, 0) is 47.4 Å². The standard InChI is InChI=1S/C11H12BrN3OS/c12-9-5-4-8(17-9)11-14-10(15-16-11)7-3-1-2-6-13-7/h4-5,7,13H,1-3,6H2. The summed E-state index contributed by atoms with van der Waals surface area (Å²) in [6, 6.07) is 4.23. The Labute approximate surface area is 112 Å². The number of aromatic nitrogens is 2. The quantitative estimate of drug-likeness (QED) is 0.923. The zero-order valence-electron chi connectivity index (χ0n) is 9.15. The molecule has 0 spiro atoms. The van der Waals surface area contributed by atoms with Crippen LogP contribution in [0.4, 0.5) is 0 Å². The van der Waals surface area contributed by atoms with Gasteiger partial charge in [0.1, 0.15) is 0 Å². The fourth-order valence-corrected chi connectivity index (χ4v) is 3.29. The monoisotopic (exact) mass is 313 g/mol. The Balaban J connectivity index is 1.82. The molecule has 1 aliphatic rings. The van der Waals surface area contributed by atoms with E-state index in [1.54, 1.807) is 11.3 Å². The average Bonchev–Trinajstić information content (AvgIpc) is 2.98. The molecule has 4 nitrogen and oxygen atoms in total. The molecule has 0 bridgehead atoms. The fourth-order valence-electron chi connectivity index (χ4n) is 1.98. The van der Waals surface area contributed by atoms with Crippen LogP contribution in [0.3, 0.4) is 0 Å². The molecule has 2 aromatic rings. The lowest BCUT2D eigenvalue weighted by atomic mass is 10.0. The van der Waals surface area contributed by atoms with Crippen molar-refractivity contribution in [2.45, 2.75) is 25.3 Å². The van der Waals surface area contributed by atoms with Crippen LogP contribution in [-0.2, 0) is 0 Å². The Morgan fingerprint density at radius 1 is 1.41 bits per heavy atom. The summed E-state index contributed by atoms with van der Waals surface area (Å²) in [7, 11) is 0. The summed E-state index contributed by atoms with van der Waals surface area (Å²) in [4.78, 5) is 5.47. The van der Waals surface area contributed by atoms with Crippen molar-refractivity contribution in [3.05, 3.63) is 21.7 Å². The van der Waals surface area contributed by atoms with Crippen molar-refractivity contribution in [3.8, 4) is 10.8 Å². The van der Waals surface area contributed by atoms with Gasteiger partial charge in [-0.3, -0.25) is 0 Å². The van der Waals surface area contributed by atoms with Crippen LogP contribution in [-0.4, -0.2) is 16.7 Å². The fraction of sp³-hybridized carbons (Fsp3) is 0.455. The van der Waals surface area contributed by atoms with Crippen LogP contribution in [0, 0.1) is 0 Å².